The fraction of sp³-hybridized carbons (Fsp3) is 0. The minimum absolute atomic E-state index is 0.0118. The lowest BCUT2D eigenvalue weighted by Gasteiger charge is -2.22. The predicted octanol–water partition coefficient (Wildman–Crippen LogP) is 10.5. The molecule has 1 aromatic heterocycles. The Balaban J connectivity index is 1.43. The molecule has 0 saturated carbocycles. The van der Waals surface area contributed by atoms with Crippen molar-refractivity contribution in [2.24, 2.45) is 0 Å². The van der Waals surface area contributed by atoms with Gasteiger partial charge in [0.05, 0.1) is 23.4 Å². The largest absolute Gasteiger partial charge is 0.456 e. The molecule has 40 heavy (non-hydrogen) atoms. The maximum Gasteiger partial charge on any atom is 0.135 e. The summed E-state index contributed by atoms with van der Waals surface area (Å²) in [5, 5.41) is 4.21. The SMILES string of the molecule is [2H]c1c([2H])c([2H])c2c(c1[2H])Oc1c([2H])c([2H])c(-c3ccc4c(c3)c3ccc5ccccc5c3n4-c3ccccc3)c3c([2H])c([2H])c([2H])c-2c13. The third kappa shape index (κ3) is 2.93. The van der Waals surface area contributed by atoms with Gasteiger partial charge in [-0.25, -0.2) is 0 Å². The molecule has 8 aromatic rings. The zero-order chi connectivity index (χ0) is 34.0. The highest BCUT2D eigenvalue weighted by Crippen LogP contribution is 2.49. The molecule has 9 rings (SSSR count). The topological polar surface area (TPSA) is 14.2 Å². The Kier molecular flexibility index (Phi) is 2.97. The van der Waals surface area contributed by atoms with Crippen LogP contribution in [0.5, 0.6) is 11.5 Å². The highest BCUT2D eigenvalue weighted by atomic mass is 16.5. The van der Waals surface area contributed by atoms with Gasteiger partial charge >= 0.3 is 0 Å². The first-order chi connectivity index (χ1) is 23.6. The van der Waals surface area contributed by atoms with E-state index >= 15 is 0 Å². The van der Waals surface area contributed by atoms with Crippen LogP contribution in [0.25, 0.3) is 71.3 Å². The maximum absolute atomic E-state index is 9.23. The molecule has 0 spiro atoms. The number of ether oxygens (including phenoxy) is 1. The van der Waals surface area contributed by atoms with Gasteiger partial charge in [0.25, 0.3) is 0 Å². The fourth-order valence-electron chi connectivity index (χ4n) is 5.98. The van der Waals surface area contributed by atoms with E-state index < -0.39 is 36.3 Å². The molecule has 1 aliphatic heterocycles. The molecule has 0 fully saturated rings. The summed E-state index contributed by atoms with van der Waals surface area (Å²) in [6.07, 6.45) is 0. The maximum atomic E-state index is 9.23. The van der Waals surface area contributed by atoms with E-state index in [-0.39, 0.29) is 57.1 Å². The lowest BCUT2D eigenvalue weighted by Crippen LogP contribution is -1.97. The van der Waals surface area contributed by atoms with E-state index in [1.54, 1.807) is 0 Å². The smallest absolute Gasteiger partial charge is 0.135 e. The summed E-state index contributed by atoms with van der Waals surface area (Å²) in [5.74, 6) is -0.444. The summed E-state index contributed by atoms with van der Waals surface area (Å²) >= 11 is 0. The van der Waals surface area contributed by atoms with E-state index in [9.17, 15) is 1.37 Å². The normalized spacial score (nSPS) is 15.3. The van der Waals surface area contributed by atoms with Crippen molar-refractivity contribution >= 4 is 43.4 Å². The van der Waals surface area contributed by atoms with E-state index in [4.69, 9.17) is 15.7 Å². The van der Waals surface area contributed by atoms with Crippen LogP contribution >= 0.6 is 0 Å². The average molecular weight is 519 g/mol. The number of fused-ring (bicyclic) bond motifs is 7. The van der Waals surface area contributed by atoms with Gasteiger partial charge in [-0.05, 0) is 63.8 Å². The van der Waals surface area contributed by atoms with Gasteiger partial charge < -0.3 is 9.30 Å². The van der Waals surface area contributed by atoms with Crippen molar-refractivity contribution in [2.45, 2.75) is 0 Å². The molecule has 0 unspecified atom stereocenters. The monoisotopic (exact) mass is 518 g/mol. The second kappa shape index (κ2) is 8.08. The molecule has 0 bridgehead atoms. The number of hydrogen-bond donors (Lipinski definition) is 0. The van der Waals surface area contributed by atoms with Gasteiger partial charge in [-0.1, -0.05) is 103 Å². The van der Waals surface area contributed by atoms with Crippen LogP contribution in [0.1, 0.15) is 12.3 Å². The Morgan fingerprint density at radius 3 is 2.35 bits per heavy atom. The van der Waals surface area contributed by atoms with Crippen molar-refractivity contribution < 1.29 is 17.1 Å². The van der Waals surface area contributed by atoms with Gasteiger partial charge in [0.1, 0.15) is 11.5 Å². The molecule has 2 heterocycles. The second-order valence-electron chi connectivity index (χ2n) is 9.85. The van der Waals surface area contributed by atoms with Crippen LogP contribution in [0, 0.1) is 0 Å². The molecule has 186 valence electrons. The number of aromatic nitrogens is 1. The van der Waals surface area contributed by atoms with Crippen LogP contribution < -0.4 is 4.74 Å². The van der Waals surface area contributed by atoms with Crippen LogP contribution in [0.3, 0.4) is 0 Å². The first-order valence-electron chi connectivity index (χ1n) is 17.5. The standard InChI is InChI=1S/C38H23NO/c1-2-10-26(11-3-1)39-34-21-18-25(23-33(34)32-19-17-24-9-4-5-12-28(24)38(32)39)27-20-22-36-37-30(27)14-8-15-31(37)29-13-6-7-16-35(29)40-36/h1-23H/i6D,7D,8D,13D,14D,15D,16D,20D,22D. The second-order valence-corrected chi connectivity index (χ2v) is 9.85. The molecule has 0 N–H and O–H groups in total. The molecular formula is C38H23NO. The van der Waals surface area contributed by atoms with Crippen molar-refractivity contribution in [3.8, 4) is 39.4 Å². The van der Waals surface area contributed by atoms with Gasteiger partial charge in [0.2, 0.25) is 0 Å². The Labute approximate surface area is 244 Å². The molecule has 1 aliphatic rings. The first kappa shape index (κ1) is 14.7. The Bertz CT molecular complexity index is 2790. The van der Waals surface area contributed by atoms with Crippen molar-refractivity contribution in [1.82, 2.24) is 4.57 Å². The molecule has 0 radical (unpaired) electrons. The summed E-state index contributed by atoms with van der Waals surface area (Å²) in [6.45, 7) is 0. The fourth-order valence-corrected chi connectivity index (χ4v) is 5.98. The summed E-state index contributed by atoms with van der Waals surface area (Å²) in [4.78, 5) is 0. The average Bonchev–Trinajstić information content (AvgIpc) is 3.46. The molecule has 0 atom stereocenters. The predicted molar refractivity (Wildman–Crippen MR) is 167 cm³/mol. The Hall–Kier alpha value is -5.34. The van der Waals surface area contributed by atoms with E-state index in [2.05, 4.69) is 28.8 Å². The lowest BCUT2D eigenvalue weighted by molar-refractivity contribution is 0.487. The van der Waals surface area contributed by atoms with Crippen molar-refractivity contribution in [3.05, 3.63) is 139 Å². The van der Waals surface area contributed by atoms with Crippen LogP contribution in [-0.4, -0.2) is 4.57 Å². The third-order valence-corrected chi connectivity index (χ3v) is 7.72. The van der Waals surface area contributed by atoms with Crippen molar-refractivity contribution in [1.29, 1.82) is 0 Å². The Morgan fingerprint density at radius 1 is 0.550 bits per heavy atom. The van der Waals surface area contributed by atoms with Crippen LogP contribution in [-0.2, 0) is 0 Å². The molecule has 0 amide bonds. The summed E-state index contributed by atoms with van der Waals surface area (Å²) < 4.78 is 87.0. The quantitative estimate of drug-likeness (QED) is 0.222. The zero-order valence-electron chi connectivity index (χ0n) is 29.9. The molecule has 0 saturated heterocycles. The molecular weight excluding hydrogens is 486 g/mol. The highest BCUT2D eigenvalue weighted by molar-refractivity contribution is 6.19. The van der Waals surface area contributed by atoms with E-state index in [1.807, 2.05) is 60.7 Å². The summed E-state index contributed by atoms with van der Waals surface area (Å²) in [5.41, 5.74) is 3.51. The molecule has 2 heteroatoms. The minimum atomic E-state index is -0.539. The molecule has 0 aliphatic carbocycles. The summed E-state index contributed by atoms with van der Waals surface area (Å²) in [7, 11) is 0. The van der Waals surface area contributed by atoms with Gasteiger partial charge in [-0.3, -0.25) is 0 Å². The number of nitrogens with zero attached hydrogens (tertiary/aromatic N) is 1. The number of hydrogen-bond acceptors (Lipinski definition) is 1. The summed E-state index contributed by atoms with van der Waals surface area (Å²) in [6, 6.07) is 24.2. The number of para-hydroxylation sites is 2. The van der Waals surface area contributed by atoms with Crippen molar-refractivity contribution in [2.75, 3.05) is 0 Å². The van der Waals surface area contributed by atoms with Crippen LogP contribution in [0.15, 0.2) is 139 Å². The van der Waals surface area contributed by atoms with Gasteiger partial charge in [-0.2, -0.15) is 0 Å². The minimum Gasteiger partial charge on any atom is -0.456 e. The van der Waals surface area contributed by atoms with Crippen LogP contribution in [0.2, 0.25) is 0 Å². The van der Waals surface area contributed by atoms with E-state index in [0.29, 0.717) is 5.56 Å². The van der Waals surface area contributed by atoms with Gasteiger partial charge in [0, 0.05) is 32.8 Å². The van der Waals surface area contributed by atoms with E-state index in [1.165, 1.54) is 0 Å². The van der Waals surface area contributed by atoms with Crippen molar-refractivity contribution in [3.63, 3.8) is 0 Å². The lowest BCUT2D eigenvalue weighted by atomic mass is 9.90. The number of rotatable bonds is 2. The van der Waals surface area contributed by atoms with E-state index in [0.717, 1.165) is 38.3 Å². The molecule has 7 aromatic carbocycles. The van der Waals surface area contributed by atoms with Gasteiger partial charge in [0.15, 0.2) is 0 Å². The number of benzene rings is 7. The Morgan fingerprint density at radius 2 is 1.40 bits per heavy atom. The van der Waals surface area contributed by atoms with Gasteiger partial charge in [-0.15, -0.1) is 0 Å². The third-order valence-electron chi connectivity index (χ3n) is 7.72. The molecule has 2 nitrogen and oxygen atoms in total. The first-order valence-corrected chi connectivity index (χ1v) is 13.0. The highest BCUT2D eigenvalue weighted by Gasteiger charge is 2.22. The zero-order valence-corrected chi connectivity index (χ0v) is 20.9. The van der Waals surface area contributed by atoms with Crippen LogP contribution in [0.4, 0.5) is 0 Å².